The molecule has 6 rings (SSSR count). The van der Waals surface area contributed by atoms with Crippen LogP contribution in [0.25, 0.3) is 21.8 Å². The number of hydrogen-bond acceptors (Lipinski definition) is 9. The Morgan fingerprint density at radius 3 is 2.38 bits per heavy atom. The Labute approximate surface area is 274 Å². The van der Waals surface area contributed by atoms with Crippen LogP contribution >= 0.6 is 11.3 Å². The predicted molar refractivity (Wildman–Crippen MR) is 171 cm³/mol. The van der Waals surface area contributed by atoms with E-state index in [9.17, 15) is 26.7 Å². The summed E-state index contributed by atoms with van der Waals surface area (Å²) in [5.41, 5.74) is 11.2. The van der Waals surface area contributed by atoms with Crippen molar-refractivity contribution in [1.82, 2.24) is 19.9 Å². The van der Waals surface area contributed by atoms with Gasteiger partial charge in [-0.3, -0.25) is 4.79 Å². The minimum absolute atomic E-state index is 0.338. The lowest BCUT2D eigenvalue weighted by atomic mass is 9.99. The largest absolute Gasteiger partial charge is 0.490 e. The molecule has 0 spiro atoms. The molecule has 5 aromatic rings. The molecule has 1 aliphatic rings. The number of nitrogen functional groups attached to an aromatic ring is 1. The zero-order chi connectivity index (χ0) is 34.6. The average molecular weight is 684 g/mol. The third-order valence-electron chi connectivity index (χ3n) is 7.02. The highest BCUT2D eigenvalue weighted by Crippen LogP contribution is 2.38. The smallest absolute Gasteiger partial charge is 0.475 e. The van der Waals surface area contributed by atoms with E-state index in [1.807, 2.05) is 12.1 Å². The van der Waals surface area contributed by atoms with Crippen LogP contribution < -0.4 is 16.4 Å². The van der Waals surface area contributed by atoms with Crippen LogP contribution in [0, 0.1) is 11.6 Å². The summed E-state index contributed by atoms with van der Waals surface area (Å²) in [6, 6.07) is 18.2. The Balaban J connectivity index is 0.000000582. The fourth-order valence-electron chi connectivity index (χ4n) is 4.81. The second-order valence-corrected chi connectivity index (χ2v) is 11.6. The number of thiazole rings is 1. The van der Waals surface area contributed by atoms with Crippen LogP contribution in [0.4, 0.5) is 44.4 Å². The highest BCUT2D eigenvalue weighted by Gasteiger charge is 2.38. The molecule has 0 radical (unpaired) electrons. The first kappa shape index (κ1) is 33.9. The summed E-state index contributed by atoms with van der Waals surface area (Å²) in [7, 11) is 2.11. The van der Waals surface area contributed by atoms with Crippen LogP contribution in [0.2, 0.25) is 0 Å². The number of carboxylic acids is 1. The highest BCUT2D eigenvalue weighted by molar-refractivity contribution is 7.19. The molecule has 0 bridgehead atoms. The maximum absolute atomic E-state index is 14.1. The first-order chi connectivity index (χ1) is 22.8. The molecule has 0 saturated heterocycles. The van der Waals surface area contributed by atoms with Crippen LogP contribution in [0.1, 0.15) is 21.5 Å². The summed E-state index contributed by atoms with van der Waals surface area (Å²) < 4.78 is 60.0. The highest BCUT2D eigenvalue weighted by atomic mass is 32.1. The number of carbonyl (C=O) groups excluding carboxylic acids is 1. The molecule has 3 heterocycles. The second kappa shape index (κ2) is 14.1. The van der Waals surface area contributed by atoms with Gasteiger partial charge in [0.2, 0.25) is 5.95 Å². The third-order valence-corrected chi connectivity index (χ3v) is 7.93. The number of carbonyl (C=O) groups is 2. The number of halogens is 5. The summed E-state index contributed by atoms with van der Waals surface area (Å²) >= 11 is 1.27. The fourth-order valence-corrected chi connectivity index (χ4v) is 5.63. The van der Waals surface area contributed by atoms with Gasteiger partial charge in [0.1, 0.15) is 17.2 Å². The van der Waals surface area contributed by atoms with Gasteiger partial charge in [-0.05, 0) is 67.1 Å². The van der Waals surface area contributed by atoms with Crippen LogP contribution in [0.15, 0.2) is 72.9 Å². The van der Waals surface area contributed by atoms with E-state index in [1.54, 1.807) is 30.5 Å². The molecule has 16 heteroatoms. The zero-order valence-corrected chi connectivity index (χ0v) is 25.8. The molecule has 0 saturated carbocycles. The third kappa shape index (κ3) is 8.08. The molecule has 1 amide bonds. The molecule has 5 N–H and O–H groups in total. The SMILES string of the molecule is CN1CCc2ccc(Nc3nccc(-c4sc(N)nc4-c4cccc(NC(=O)c5c(F)cccc5F)c4)n3)cc2C1.O=C(O)C(F)(F)F. The number of alkyl halides is 3. The zero-order valence-electron chi connectivity index (χ0n) is 25.0. The monoisotopic (exact) mass is 683 g/mol. The summed E-state index contributed by atoms with van der Waals surface area (Å²) in [6.07, 6.45) is -2.39. The van der Waals surface area contributed by atoms with Gasteiger partial charge in [0.05, 0.1) is 16.3 Å². The molecule has 1 aliphatic heterocycles. The van der Waals surface area contributed by atoms with Crippen molar-refractivity contribution in [3.8, 4) is 21.8 Å². The number of aromatic nitrogens is 3. The van der Waals surface area contributed by atoms with E-state index in [0.717, 1.165) is 37.3 Å². The van der Waals surface area contributed by atoms with Gasteiger partial charge in [-0.25, -0.2) is 28.5 Å². The molecule has 2 aromatic heterocycles. The van der Waals surface area contributed by atoms with Gasteiger partial charge < -0.3 is 26.4 Å². The number of likely N-dealkylation sites (N-methyl/N-ethyl adjacent to an activating group) is 1. The topological polar surface area (TPSA) is 146 Å². The van der Waals surface area contributed by atoms with Crippen molar-refractivity contribution < 1.29 is 36.6 Å². The van der Waals surface area contributed by atoms with Crippen LogP contribution in [-0.4, -0.2) is 56.6 Å². The lowest BCUT2D eigenvalue weighted by molar-refractivity contribution is -0.192. The first-order valence-electron chi connectivity index (χ1n) is 14.1. The molecular weight excluding hydrogens is 657 g/mol. The van der Waals surface area contributed by atoms with Gasteiger partial charge in [-0.1, -0.05) is 35.6 Å². The maximum atomic E-state index is 14.1. The molecule has 3 aromatic carbocycles. The lowest BCUT2D eigenvalue weighted by Crippen LogP contribution is -2.26. The molecule has 248 valence electrons. The normalized spacial score (nSPS) is 12.8. The standard InChI is InChI=1S/C30H25F2N7OS.C2HF3O2/c1-39-13-11-17-8-9-21(15-19(17)16-39)36-30-34-12-10-24(37-30)27-26(38-29(33)41-27)18-4-2-5-20(14-18)35-28(40)25-22(31)6-3-7-23(25)32;3-2(4,5)1(6)7/h2-10,12,14-15H,11,13,16H2,1H3,(H2,33,38)(H,35,40)(H,34,36,37);(H,6,7). The fraction of sp³-hybridized carbons (Fsp3) is 0.156. The Morgan fingerprint density at radius 2 is 1.67 bits per heavy atom. The lowest BCUT2D eigenvalue weighted by Gasteiger charge is -2.25. The van der Waals surface area contributed by atoms with Crippen LogP contribution in [0.5, 0.6) is 0 Å². The van der Waals surface area contributed by atoms with E-state index < -0.39 is 35.3 Å². The van der Waals surface area contributed by atoms with Crippen LogP contribution in [0.3, 0.4) is 0 Å². The Hall–Kier alpha value is -5.48. The van der Waals surface area contributed by atoms with Crippen molar-refractivity contribution in [3.63, 3.8) is 0 Å². The number of nitrogens with zero attached hydrogens (tertiary/aromatic N) is 4. The van der Waals surface area contributed by atoms with Gasteiger partial charge in [0, 0.05) is 36.2 Å². The van der Waals surface area contributed by atoms with E-state index >= 15 is 0 Å². The molecule has 0 fully saturated rings. The number of fused-ring (bicyclic) bond motifs is 1. The number of carboxylic acid groups (broad SMARTS) is 1. The number of benzene rings is 3. The summed E-state index contributed by atoms with van der Waals surface area (Å²) in [5, 5.41) is 13.3. The van der Waals surface area contributed by atoms with E-state index in [-0.39, 0.29) is 0 Å². The molecule has 0 aliphatic carbocycles. The predicted octanol–water partition coefficient (Wildman–Crippen LogP) is 6.74. The number of amides is 1. The Morgan fingerprint density at radius 1 is 0.958 bits per heavy atom. The minimum Gasteiger partial charge on any atom is -0.475 e. The second-order valence-electron chi connectivity index (χ2n) is 10.5. The molecule has 10 nitrogen and oxygen atoms in total. The molecule has 0 atom stereocenters. The summed E-state index contributed by atoms with van der Waals surface area (Å²) in [4.78, 5) is 38.2. The number of rotatable bonds is 6. The summed E-state index contributed by atoms with van der Waals surface area (Å²) in [6.45, 7) is 1.94. The van der Waals surface area contributed by atoms with Gasteiger partial charge in [-0.15, -0.1) is 0 Å². The van der Waals surface area contributed by atoms with Gasteiger partial charge >= 0.3 is 12.1 Å². The summed E-state index contributed by atoms with van der Waals surface area (Å²) in [5.74, 6) is -5.10. The van der Waals surface area contributed by atoms with Gasteiger partial charge in [0.15, 0.2) is 5.13 Å². The van der Waals surface area contributed by atoms with Crippen molar-refractivity contribution in [2.45, 2.75) is 19.1 Å². The Bertz CT molecular complexity index is 1970. The molecule has 0 unspecified atom stereocenters. The number of hydrogen-bond donors (Lipinski definition) is 4. The van der Waals surface area contributed by atoms with Crippen molar-refractivity contribution in [2.75, 3.05) is 30.0 Å². The quantitative estimate of drug-likeness (QED) is 0.143. The number of nitrogens with two attached hydrogens (primary N) is 1. The van der Waals surface area contributed by atoms with E-state index in [4.69, 9.17) is 20.6 Å². The average Bonchev–Trinajstić information content (AvgIpc) is 3.42. The molecular formula is C32H26F5N7O3S. The number of anilines is 4. The number of aliphatic carboxylic acids is 1. The maximum Gasteiger partial charge on any atom is 0.490 e. The van der Waals surface area contributed by atoms with Crippen LogP contribution in [-0.2, 0) is 17.8 Å². The first-order valence-corrected chi connectivity index (χ1v) is 14.9. The van der Waals surface area contributed by atoms with E-state index in [0.29, 0.717) is 38.6 Å². The number of nitrogens with one attached hydrogen (secondary N) is 2. The van der Waals surface area contributed by atoms with Gasteiger partial charge in [0.25, 0.3) is 5.91 Å². The minimum atomic E-state index is -5.08. The van der Waals surface area contributed by atoms with Crippen molar-refractivity contribution >= 4 is 45.7 Å². The van der Waals surface area contributed by atoms with E-state index in [2.05, 4.69) is 44.7 Å². The van der Waals surface area contributed by atoms with Gasteiger partial charge in [-0.2, -0.15) is 13.2 Å². The Kier molecular flexibility index (Phi) is 9.95. The van der Waals surface area contributed by atoms with E-state index in [1.165, 1.54) is 28.5 Å². The van der Waals surface area contributed by atoms with Crippen molar-refractivity contribution in [2.24, 2.45) is 0 Å². The van der Waals surface area contributed by atoms with Crippen molar-refractivity contribution in [3.05, 3.63) is 101 Å². The molecule has 48 heavy (non-hydrogen) atoms. The van der Waals surface area contributed by atoms with Crippen molar-refractivity contribution in [1.29, 1.82) is 0 Å².